The number of nitrogens with one attached hydrogen (secondary N) is 2. The second kappa shape index (κ2) is 20.8. The summed E-state index contributed by atoms with van der Waals surface area (Å²) in [7, 11) is 3.47. The third-order valence-electron chi connectivity index (χ3n) is 17.0. The number of phenolic OH excluding ortho intramolecular Hbond substituents is 1. The fourth-order valence-electron chi connectivity index (χ4n) is 12.6. The van der Waals surface area contributed by atoms with Crippen LogP contribution in [0.1, 0.15) is 117 Å². The average Bonchev–Trinajstić information content (AvgIpc) is 4.09. The Bertz CT molecular complexity index is 2890. The Hall–Kier alpha value is -6.86. The summed E-state index contributed by atoms with van der Waals surface area (Å²) in [5.41, 5.74) is 25.8. The van der Waals surface area contributed by atoms with Crippen molar-refractivity contribution in [1.82, 2.24) is 44.7 Å². The van der Waals surface area contributed by atoms with Crippen LogP contribution in [-0.2, 0) is 34.3 Å². The number of nitrogen functional groups attached to an aromatic ring is 1. The molecule has 5 aliphatic heterocycles. The Kier molecular flexibility index (Phi) is 14.2. The predicted molar refractivity (Wildman–Crippen MR) is 284 cm³/mol. The van der Waals surface area contributed by atoms with Crippen molar-refractivity contribution in [3.05, 3.63) is 88.4 Å². The summed E-state index contributed by atoms with van der Waals surface area (Å²) in [6.45, 7) is 11.4. The fourth-order valence-corrected chi connectivity index (χ4v) is 12.6. The highest BCUT2D eigenvalue weighted by Gasteiger charge is 2.55. The van der Waals surface area contributed by atoms with E-state index in [4.69, 9.17) is 36.6 Å². The zero-order valence-electron chi connectivity index (χ0n) is 43.3. The van der Waals surface area contributed by atoms with E-state index in [1.165, 1.54) is 18.4 Å². The Morgan fingerprint density at radius 1 is 1.00 bits per heavy atom. The number of likely N-dealkylation sites (tertiary alicyclic amines) is 3. The number of aromatic nitrogens is 5. The van der Waals surface area contributed by atoms with Gasteiger partial charge in [0.2, 0.25) is 23.6 Å². The Balaban J connectivity index is 0.000000179. The van der Waals surface area contributed by atoms with Crippen LogP contribution in [0.3, 0.4) is 0 Å². The van der Waals surface area contributed by atoms with Crippen molar-refractivity contribution in [3.63, 3.8) is 0 Å². The molecule has 1 aliphatic carbocycles. The molecular formula is C55H73N13O6. The summed E-state index contributed by atoms with van der Waals surface area (Å²) in [6, 6.07) is 12.9. The monoisotopic (exact) mass is 1010 g/mol. The molecule has 6 aliphatic rings. The lowest BCUT2D eigenvalue weighted by molar-refractivity contribution is -0.141. The molecule has 19 nitrogen and oxygen atoms in total. The third-order valence-corrected chi connectivity index (χ3v) is 17.0. The van der Waals surface area contributed by atoms with Gasteiger partial charge in [-0.3, -0.25) is 14.3 Å². The lowest BCUT2D eigenvalue weighted by atomic mass is 9.60. The molecule has 3 aromatic heterocycles. The lowest BCUT2D eigenvalue weighted by Gasteiger charge is -2.61. The van der Waals surface area contributed by atoms with Gasteiger partial charge >= 0.3 is 6.03 Å². The van der Waals surface area contributed by atoms with E-state index in [0.717, 1.165) is 105 Å². The van der Waals surface area contributed by atoms with Crippen LogP contribution in [0.5, 0.6) is 11.6 Å². The van der Waals surface area contributed by atoms with Crippen LogP contribution in [-0.4, -0.2) is 134 Å². The van der Waals surface area contributed by atoms with Gasteiger partial charge in [-0.15, -0.1) is 5.10 Å². The van der Waals surface area contributed by atoms with Gasteiger partial charge in [-0.05, 0) is 124 Å². The number of para-hydroxylation sites is 1. The molecule has 74 heavy (non-hydrogen) atoms. The normalized spacial score (nSPS) is 21.9. The molecule has 4 saturated heterocycles. The first-order chi connectivity index (χ1) is 35.6. The van der Waals surface area contributed by atoms with E-state index in [2.05, 4.69) is 39.0 Å². The molecule has 0 radical (unpaired) electrons. The van der Waals surface area contributed by atoms with E-state index in [0.29, 0.717) is 85.4 Å². The zero-order chi connectivity index (χ0) is 51.9. The van der Waals surface area contributed by atoms with Gasteiger partial charge in [-0.2, -0.15) is 0 Å². The summed E-state index contributed by atoms with van der Waals surface area (Å²) in [5, 5.41) is 18.6. The Morgan fingerprint density at radius 3 is 2.43 bits per heavy atom. The maximum atomic E-state index is 13.0. The third kappa shape index (κ3) is 10.2. The van der Waals surface area contributed by atoms with Crippen molar-refractivity contribution >= 4 is 52.3 Å². The van der Waals surface area contributed by atoms with Gasteiger partial charge in [-0.1, -0.05) is 25.1 Å². The number of hydrogen-bond donors (Lipinski definition) is 6. The number of ether oxygens (including phenoxy) is 2. The number of rotatable bonds is 11. The topological polar surface area (TPSA) is 252 Å². The van der Waals surface area contributed by atoms with Gasteiger partial charge in [-0.25, -0.2) is 14.8 Å². The minimum Gasteiger partial charge on any atom is -0.507 e. The number of nitrogens with zero attached hydrogens (tertiary/aromatic N) is 8. The number of anilines is 2. The number of methoxy groups -OCH3 is 1. The Morgan fingerprint density at radius 2 is 1.73 bits per heavy atom. The van der Waals surface area contributed by atoms with E-state index in [1.807, 2.05) is 49.8 Å². The molecule has 2 atom stereocenters. The molecule has 1 saturated carbocycles. The number of aromatic hydroxyl groups is 1. The van der Waals surface area contributed by atoms with Crippen molar-refractivity contribution in [1.29, 1.82) is 0 Å². The number of phenols is 1. The number of hydrogen-bond acceptors (Lipinski definition) is 13. The van der Waals surface area contributed by atoms with Gasteiger partial charge < -0.3 is 61.7 Å². The Labute approximate surface area is 432 Å². The van der Waals surface area contributed by atoms with Gasteiger partial charge in [0.15, 0.2) is 0 Å². The number of piperidine rings is 1. The van der Waals surface area contributed by atoms with Crippen molar-refractivity contribution in [2.75, 3.05) is 70.2 Å². The number of benzene rings is 2. The highest BCUT2D eigenvalue weighted by molar-refractivity contribution is 5.89. The first kappa shape index (κ1) is 50.7. The molecule has 5 aromatic rings. The van der Waals surface area contributed by atoms with E-state index in [1.54, 1.807) is 39.8 Å². The number of carbonyl (C=O) groups is 3. The maximum absolute atomic E-state index is 13.0. The summed E-state index contributed by atoms with van der Waals surface area (Å²) in [6.07, 6.45) is 15.1. The predicted octanol–water partition coefficient (Wildman–Crippen LogP) is 5.79. The number of amides is 4. The van der Waals surface area contributed by atoms with Crippen LogP contribution in [0.4, 0.5) is 16.6 Å². The molecule has 5 fully saturated rings. The first-order valence-corrected chi connectivity index (χ1v) is 26.4. The smallest absolute Gasteiger partial charge is 0.314 e. The fraction of sp³-hybridized carbons (Fsp3) is 0.527. The molecule has 0 bridgehead atoms. The number of primary amides is 1. The molecule has 9 N–H and O–H groups in total. The largest absolute Gasteiger partial charge is 0.507 e. The zero-order valence-corrected chi connectivity index (χ0v) is 43.3. The number of H-pyrrole nitrogens is 1. The highest BCUT2D eigenvalue weighted by Crippen LogP contribution is 2.51. The van der Waals surface area contributed by atoms with Crippen LogP contribution in [0.15, 0.2) is 54.9 Å². The molecule has 8 heterocycles. The summed E-state index contributed by atoms with van der Waals surface area (Å²) in [5.74, 6) is 2.46. The van der Waals surface area contributed by atoms with Crippen molar-refractivity contribution in [3.8, 4) is 11.6 Å². The molecule has 2 aromatic carbocycles. The molecule has 394 valence electrons. The van der Waals surface area contributed by atoms with Crippen molar-refractivity contribution < 1.29 is 29.0 Å². The summed E-state index contributed by atoms with van der Waals surface area (Å²) < 4.78 is 12.6. The van der Waals surface area contributed by atoms with Gasteiger partial charge in [0.25, 0.3) is 0 Å². The average molecular weight is 1010 g/mol. The molecular weight excluding hydrogens is 939 g/mol. The maximum Gasteiger partial charge on any atom is 0.314 e. The van der Waals surface area contributed by atoms with Crippen LogP contribution < -0.4 is 32.2 Å². The summed E-state index contributed by atoms with van der Waals surface area (Å²) >= 11 is 0. The summed E-state index contributed by atoms with van der Waals surface area (Å²) in [4.78, 5) is 58.7. The van der Waals surface area contributed by atoms with Gasteiger partial charge in [0.05, 0.1) is 24.1 Å². The van der Waals surface area contributed by atoms with Crippen LogP contribution >= 0.6 is 0 Å². The van der Waals surface area contributed by atoms with E-state index >= 15 is 0 Å². The van der Waals surface area contributed by atoms with E-state index < -0.39 is 0 Å². The minimum absolute atomic E-state index is 0.00806. The van der Waals surface area contributed by atoms with E-state index in [9.17, 15) is 19.5 Å². The number of aromatic amines is 1. The second-order valence-electron chi connectivity index (χ2n) is 22.0. The van der Waals surface area contributed by atoms with Gasteiger partial charge in [0, 0.05) is 118 Å². The molecule has 19 heteroatoms. The van der Waals surface area contributed by atoms with Crippen molar-refractivity contribution in [2.45, 2.75) is 109 Å². The van der Waals surface area contributed by atoms with E-state index in [-0.39, 0.29) is 41.1 Å². The highest BCUT2D eigenvalue weighted by atomic mass is 16.5. The van der Waals surface area contributed by atoms with Crippen LogP contribution in [0, 0.1) is 10.8 Å². The molecule has 1 spiro atoms. The second-order valence-corrected chi connectivity index (χ2v) is 22.0. The molecule has 11 rings (SSSR count). The number of carbonyl (C=O) groups excluding carboxylic acids is 3. The van der Waals surface area contributed by atoms with Gasteiger partial charge in [0.1, 0.15) is 17.6 Å². The SMILES string of the molecule is CC1c2c([nH]c(N)c2/C=C(\N)c2ccccc2O)CCN1c1ncc(C2CCN(C3CC4(C3)CN(C(N)=O)C4)CC2)cn1.COc1nn(C)c2ccc(CNC(=O)C3CCCN3C(=O)CC3(C)CCOCC3)cc12. The number of nitrogens with two attached hydrogens (primary N) is 3. The van der Waals surface area contributed by atoms with Crippen molar-refractivity contribution in [2.24, 2.45) is 29.3 Å². The first-order valence-electron chi connectivity index (χ1n) is 26.4. The molecule has 2 unspecified atom stereocenters. The molecule has 4 amide bonds. The quantitative estimate of drug-likeness (QED) is 0.0918. The number of urea groups is 1. The standard InChI is InChI=1S/C32H41N9O2.C23H32N4O4/c1-19-28-24(12-25(33)23-4-2-3-5-27(23)42)29(34)38-26(28)8-11-41(19)31-36-15-21(16-37-31)20-6-9-39(10-7-20)22-13-32(14-22)17-40(18-32)30(35)43;1-23(8-11-31-12-9-23)14-20(28)27-10-4-5-19(27)21(29)24-15-16-6-7-18-17(13-16)22(30-3)25-26(18)2/h2-5,12,15-16,19-20,22,38,42H,6-11,13-14,17-18,33-34H2,1H3,(H2,35,43);6-7,13,19H,4-5,8-12,14-15H2,1-3H3,(H,24,29)/b25-12-;. The van der Waals surface area contributed by atoms with Crippen LogP contribution in [0.2, 0.25) is 0 Å². The lowest BCUT2D eigenvalue weighted by Crippen LogP contribution is -2.68. The minimum atomic E-state index is -0.382. The number of aryl methyl sites for hydroxylation is 1. The van der Waals surface area contributed by atoms with Crippen LogP contribution in [0.25, 0.3) is 22.7 Å². The number of fused-ring (bicyclic) bond motifs is 2.